The van der Waals surface area contributed by atoms with Gasteiger partial charge in [-0.25, -0.2) is 9.67 Å². The Hall–Kier alpha value is -0.850. The fraction of sp³-hybridized carbons (Fsp3) is 0.273. The van der Waals surface area contributed by atoms with Crippen molar-refractivity contribution < 1.29 is 0 Å². The zero-order chi connectivity index (χ0) is 12.3. The van der Waals surface area contributed by atoms with Crippen LogP contribution in [0.15, 0.2) is 40.2 Å². The van der Waals surface area contributed by atoms with Gasteiger partial charge in [-0.3, -0.25) is 0 Å². The third-order valence-corrected chi connectivity index (χ3v) is 4.17. The summed E-state index contributed by atoms with van der Waals surface area (Å²) in [6.07, 6.45) is 1.55. The number of hydrogen-bond acceptors (Lipinski definition) is 4. The van der Waals surface area contributed by atoms with E-state index in [2.05, 4.69) is 38.1 Å². The molecule has 2 rings (SSSR count). The summed E-state index contributed by atoms with van der Waals surface area (Å²) in [6.45, 7) is 0.563. The first-order chi connectivity index (χ1) is 8.20. The number of rotatable bonds is 4. The first-order valence-corrected chi connectivity index (χ1v) is 6.84. The first kappa shape index (κ1) is 12.6. The van der Waals surface area contributed by atoms with Gasteiger partial charge in [0.15, 0.2) is 5.16 Å². The second-order valence-electron chi connectivity index (χ2n) is 3.56. The molecule has 0 radical (unpaired) electrons. The second-order valence-corrected chi connectivity index (χ2v) is 5.65. The number of benzene rings is 1. The van der Waals surface area contributed by atoms with Gasteiger partial charge in [0, 0.05) is 23.3 Å². The van der Waals surface area contributed by atoms with E-state index < -0.39 is 0 Å². The second kappa shape index (κ2) is 5.66. The van der Waals surface area contributed by atoms with E-state index in [0.29, 0.717) is 6.54 Å². The maximum Gasteiger partial charge on any atom is 0.186 e. The zero-order valence-electron chi connectivity index (χ0n) is 9.38. The van der Waals surface area contributed by atoms with E-state index in [4.69, 9.17) is 5.73 Å². The van der Waals surface area contributed by atoms with Crippen LogP contribution in [0.4, 0.5) is 0 Å². The Kier molecular flexibility index (Phi) is 4.20. The summed E-state index contributed by atoms with van der Waals surface area (Å²) in [5, 5.41) is 5.12. The highest BCUT2D eigenvalue weighted by Crippen LogP contribution is 2.33. The summed E-state index contributed by atoms with van der Waals surface area (Å²) < 4.78 is 2.82. The molecular weight excluding hydrogens is 300 g/mol. The maximum atomic E-state index is 5.83. The van der Waals surface area contributed by atoms with Crippen LogP contribution in [0.25, 0.3) is 0 Å². The number of aryl methyl sites for hydroxylation is 1. The molecule has 0 saturated heterocycles. The van der Waals surface area contributed by atoms with E-state index in [1.807, 2.05) is 19.2 Å². The van der Waals surface area contributed by atoms with Gasteiger partial charge in [0.05, 0.1) is 0 Å². The Morgan fingerprint density at radius 2 is 2.35 bits per heavy atom. The van der Waals surface area contributed by atoms with Crippen molar-refractivity contribution in [1.82, 2.24) is 14.8 Å². The van der Waals surface area contributed by atoms with Crippen molar-refractivity contribution in [2.45, 2.75) is 10.4 Å². The highest BCUT2D eigenvalue weighted by atomic mass is 79.9. The van der Waals surface area contributed by atoms with Gasteiger partial charge in [-0.2, -0.15) is 5.10 Å². The molecule has 6 heteroatoms. The largest absolute Gasteiger partial charge is 0.329 e. The molecule has 1 unspecified atom stereocenters. The number of aromatic nitrogens is 3. The molecular formula is C11H13BrN4S. The molecule has 0 spiro atoms. The van der Waals surface area contributed by atoms with Gasteiger partial charge in [0.25, 0.3) is 0 Å². The Morgan fingerprint density at radius 1 is 1.53 bits per heavy atom. The summed E-state index contributed by atoms with van der Waals surface area (Å²) >= 11 is 5.10. The predicted molar refractivity (Wildman–Crippen MR) is 72.8 cm³/mol. The normalized spacial score (nSPS) is 12.6. The summed E-state index contributed by atoms with van der Waals surface area (Å²) in [5.74, 6) is 0. The van der Waals surface area contributed by atoms with E-state index in [-0.39, 0.29) is 5.25 Å². The molecule has 0 aliphatic rings. The van der Waals surface area contributed by atoms with Crippen LogP contribution in [-0.2, 0) is 7.05 Å². The average molecular weight is 313 g/mol. The molecule has 17 heavy (non-hydrogen) atoms. The van der Waals surface area contributed by atoms with Crippen molar-refractivity contribution in [1.29, 1.82) is 0 Å². The molecule has 0 amide bonds. The minimum absolute atomic E-state index is 0.190. The maximum absolute atomic E-state index is 5.83. The number of halogens is 1. The van der Waals surface area contributed by atoms with Crippen LogP contribution in [0.5, 0.6) is 0 Å². The lowest BCUT2D eigenvalue weighted by Gasteiger charge is -2.14. The molecule has 0 saturated carbocycles. The van der Waals surface area contributed by atoms with E-state index in [9.17, 15) is 0 Å². The van der Waals surface area contributed by atoms with E-state index in [0.717, 1.165) is 9.63 Å². The number of nitrogens with zero attached hydrogens (tertiary/aromatic N) is 3. The number of thioether (sulfide) groups is 1. The van der Waals surface area contributed by atoms with Crippen LogP contribution >= 0.6 is 27.7 Å². The Labute approximate surface area is 113 Å². The third kappa shape index (κ3) is 3.08. The van der Waals surface area contributed by atoms with Crippen molar-refractivity contribution in [2.24, 2.45) is 12.8 Å². The summed E-state index contributed by atoms with van der Waals surface area (Å²) in [6, 6.07) is 8.18. The van der Waals surface area contributed by atoms with Crippen LogP contribution in [-0.4, -0.2) is 21.3 Å². The molecule has 1 aromatic carbocycles. The van der Waals surface area contributed by atoms with Crippen molar-refractivity contribution >= 4 is 27.7 Å². The highest BCUT2D eigenvalue weighted by Gasteiger charge is 2.14. The fourth-order valence-electron chi connectivity index (χ4n) is 1.48. The van der Waals surface area contributed by atoms with Gasteiger partial charge in [0.2, 0.25) is 0 Å². The average Bonchev–Trinajstić information content (AvgIpc) is 2.71. The van der Waals surface area contributed by atoms with Crippen LogP contribution < -0.4 is 5.73 Å². The van der Waals surface area contributed by atoms with Crippen molar-refractivity contribution in [2.75, 3.05) is 6.54 Å². The molecule has 0 fully saturated rings. The minimum atomic E-state index is 0.190. The van der Waals surface area contributed by atoms with Gasteiger partial charge in [-0.05, 0) is 17.7 Å². The SMILES string of the molecule is Cn1ncnc1SC(CN)c1cccc(Br)c1. The van der Waals surface area contributed by atoms with Crippen LogP contribution in [0, 0.1) is 0 Å². The quantitative estimate of drug-likeness (QED) is 0.881. The molecule has 1 atom stereocenters. The smallest absolute Gasteiger partial charge is 0.186 e. The monoisotopic (exact) mass is 312 g/mol. The Bertz CT molecular complexity index is 500. The Balaban J connectivity index is 2.20. The molecule has 0 aliphatic carbocycles. The minimum Gasteiger partial charge on any atom is -0.329 e. The van der Waals surface area contributed by atoms with Gasteiger partial charge in [-0.15, -0.1) is 0 Å². The first-order valence-electron chi connectivity index (χ1n) is 5.17. The van der Waals surface area contributed by atoms with Gasteiger partial charge in [-0.1, -0.05) is 39.8 Å². The van der Waals surface area contributed by atoms with Crippen LogP contribution in [0.1, 0.15) is 10.8 Å². The van der Waals surface area contributed by atoms with E-state index in [1.165, 1.54) is 5.56 Å². The number of nitrogens with two attached hydrogens (primary N) is 1. The van der Waals surface area contributed by atoms with Crippen molar-refractivity contribution in [3.05, 3.63) is 40.6 Å². The molecule has 2 N–H and O–H groups in total. The number of hydrogen-bond donors (Lipinski definition) is 1. The molecule has 1 heterocycles. The molecule has 0 aliphatic heterocycles. The lowest BCUT2D eigenvalue weighted by molar-refractivity contribution is 0.682. The third-order valence-electron chi connectivity index (χ3n) is 2.35. The van der Waals surface area contributed by atoms with Gasteiger partial charge in [0.1, 0.15) is 6.33 Å². The van der Waals surface area contributed by atoms with E-state index in [1.54, 1.807) is 22.8 Å². The van der Waals surface area contributed by atoms with Crippen LogP contribution in [0.2, 0.25) is 0 Å². The predicted octanol–water partition coefficient (Wildman–Crippen LogP) is 2.37. The summed E-state index contributed by atoms with van der Waals surface area (Å²) in [5.41, 5.74) is 7.02. The molecule has 0 bridgehead atoms. The summed E-state index contributed by atoms with van der Waals surface area (Å²) in [7, 11) is 1.88. The van der Waals surface area contributed by atoms with E-state index >= 15 is 0 Å². The molecule has 2 aromatic rings. The van der Waals surface area contributed by atoms with Crippen LogP contribution in [0.3, 0.4) is 0 Å². The van der Waals surface area contributed by atoms with Crippen molar-refractivity contribution in [3.63, 3.8) is 0 Å². The summed E-state index contributed by atoms with van der Waals surface area (Å²) in [4.78, 5) is 4.20. The zero-order valence-corrected chi connectivity index (χ0v) is 11.8. The molecule has 1 aromatic heterocycles. The molecule has 4 nitrogen and oxygen atoms in total. The van der Waals surface area contributed by atoms with Crippen molar-refractivity contribution in [3.8, 4) is 0 Å². The topological polar surface area (TPSA) is 56.7 Å². The lowest BCUT2D eigenvalue weighted by atomic mass is 10.1. The lowest BCUT2D eigenvalue weighted by Crippen LogP contribution is -2.10. The molecule has 90 valence electrons. The standard InChI is InChI=1S/C11H13BrN4S/c1-16-11(14-7-15-16)17-10(6-13)8-3-2-4-9(12)5-8/h2-5,7,10H,6,13H2,1H3. The Morgan fingerprint density at radius 3 is 2.94 bits per heavy atom. The fourth-order valence-corrected chi connectivity index (χ4v) is 2.84. The van der Waals surface area contributed by atoms with Gasteiger partial charge >= 0.3 is 0 Å². The highest BCUT2D eigenvalue weighted by molar-refractivity contribution is 9.10. The van der Waals surface area contributed by atoms with Gasteiger partial charge < -0.3 is 5.73 Å².